The molecule has 4 saturated heterocycles. The van der Waals surface area contributed by atoms with Crippen LogP contribution in [-0.2, 0) is 0 Å². The molecule has 2 aromatic carbocycles. The van der Waals surface area contributed by atoms with Crippen LogP contribution in [0.4, 0.5) is 0 Å². The summed E-state index contributed by atoms with van der Waals surface area (Å²) in [4.78, 5) is 0. The predicted molar refractivity (Wildman–Crippen MR) is 166 cm³/mol. The smallest absolute Gasteiger partial charge is 0.258 e. The Morgan fingerprint density at radius 3 is 1.13 bits per heavy atom. The summed E-state index contributed by atoms with van der Waals surface area (Å²) in [6.07, 6.45) is 25.9. The molecule has 0 radical (unpaired) electrons. The van der Waals surface area contributed by atoms with E-state index in [1.54, 1.807) is 0 Å². The van der Waals surface area contributed by atoms with Gasteiger partial charge in [-0.15, -0.1) is 0 Å². The van der Waals surface area contributed by atoms with Gasteiger partial charge in [-0.25, -0.2) is 0 Å². The van der Waals surface area contributed by atoms with Crippen molar-refractivity contribution in [3.63, 3.8) is 0 Å². The van der Waals surface area contributed by atoms with E-state index >= 15 is 0 Å². The molecule has 4 aliphatic rings. The number of rotatable bonds is 8. The second kappa shape index (κ2) is 12.5. The summed E-state index contributed by atoms with van der Waals surface area (Å²) in [5, 5.41) is 8.12. The van der Waals surface area contributed by atoms with Gasteiger partial charge in [0.15, 0.2) is 0 Å². The molecule has 4 heteroatoms. The number of allylic oxidation sites excluding steroid dienone is 4. The largest absolute Gasteiger partial charge is 0.427 e. The quantitative estimate of drug-likeness (QED) is 0.278. The van der Waals surface area contributed by atoms with Crippen molar-refractivity contribution < 1.29 is 0 Å². The molecule has 2 aromatic rings. The zero-order chi connectivity index (χ0) is 25.6. The summed E-state index contributed by atoms with van der Waals surface area (Å²) in [5.41, 5.74) is 5.13. The molecule has 6 rings (SSSR count). The lowest BCUT2D eigenvalue weighted by atomic mass is 9.34. The van der Waals surface area contributed by atoms with Gasteiger partial charge in [-0.3, -0.25) is 0 Å². The highest BCUT2D eigenvalue weighted by molar-refractivity contribution is 6.62. The van der Waals surface area contributed by atoms with E-state index in [1.807, 2.05) is 0 Å². The van der Waals surface area contributed by atoms with Gasteiger partial charge in [-0.05, 0) is 46.5 Å². The lowest BCUT2D eigenvalue weighted by Crippen LogP contribution is -2.45. The summed E-state index contributed by atoms with van der Waals surface area (Å²) in [7, 11) is 0. The fourth-order valence-electron chi connectivity index (χ4n) is 8.18. The van der Waals surface area contributed by atoms with Crippen molar-refractivity contribution in [2.45, 2.75) is 100 Å². The summed E-state index contributed by atoms with van der Waals surface area (Å²) >= 11 is 0. The zero-order valence-electron chi connectivity index (χ0n) is 23.0. The van der Waals surface area contributed by atoms with Crippen molar-refractivity contribution >= 4 is 25.1 Å². The van der Waals surface area contributed by atoms with Gasteiger partial charge in [0.05, 0.1) is 0 Å². The van der Waals surface area contributed by atoms with Crippen LogP contribution in [0, 0.1) is 0 Å². The molecule has 4 fully saturated rings. The minimum Gasteiger partial charge on any atom is -0.427 e. The molecular weight excluding hydrogens is 458 g/mol. The molecule has 4 bridgehead atoms. The Balaban J connectivity index is 1.24. The van der Waals surface area contributed by atoms with Gasteiger partial charge in [-0.2, -0.15) is 0 Å². The van der Waals surface area contributed by atoms with E-state index in [4.69, 9.17) is 0 Å². The van der Waals surface area contributed by atoms with Crippen LogP contribution in [0.2, 0.25) is 23.3 Å². The maximum atomic E-state index is 4.06. The highest BCUT2D eigenvalue weighted by atomic mass is 14.8. The molecule has 2 N–H and O–H groups in total. The maximum Gasteiger partial charge on any atom is 0.258 e. The summed E-state index contributed by atoms with van der Waals surface area (Å²) < 4.78 is 0. The third-order valence-corrected chi connectivity index (χ3v) is 10.1. The lowest BCUT2D eigenvalue weighted by Gasteiger charge is -2.41. The van der Waals surface area contributed by atoms with Gasteiger partial charge < -0.3 is 10.5 Å². The van der Waals surface area contributed by atoms with Crippen LogP contribution in [-0.4, -0.2) is 13.7 Å². The van der Waals surface area contributed by atoms with E-state index in [2.05, 4.69) is 95.4 Å². The Morgan fingerprint density at radius 2 is 0.816 bits per heavy atom. The first-order chi connectivity index (χ1) is 18.8. The molecule has 0 unspecified atom stereocenters. The first-order valence-corrected chi connectivity index (χ1v) is 15.6. The molecule has 0 spiro atoms. The van der Waals surface area contributed by atoms with Crippen LogP contribution in [0.3, 0.4) is 0 Å². The number of hydrogen-bond acceptors (Lipinski definition) is 2. The molecule has 4 aliphatic heterocycles. The maximum absolute atomic E-state index is 4.06. The number of hydrogen-bond donors (Lipinski definition) is 2. The molecule has 4 heterocycles. The van der Waals surface area contributed by atoms with Crippen molar-refractivity contribution in [1.29, 1.82) is 0 Å². The fraction of sp³-hybridized carbons (Fsp3) is 0.471. The molecule has 0 atom stereocenters. The normalized spacial score (nSPS) is 27.9. The topological polar surface area (TPSA) is 24.1 Å². The third kappa shape index (κ3) is 6.00. The SMILES string of the molecule is C(/C=C/C=C(\NB1C2CCCC1CCC2)c1ccccc1)=C(/NB1C2CCCC1CCC2)c1ccccc1. The van der Waals surface area contributed by atoms with Crippen LogP contribution >= 0.6 is 0 Å². The second-order valence-electron chi connectivity index (χ2n) is 12.4. The van der Waals surface area contributed by atoms with Crippen LogP contribution < -0.4 is 10.5 Å². The molecule has 0 aromatic heterocycles. The standard InChI is InChI=1S/C34H44B2N2/c1-3-13-27(14-4-1)33(37-35-29-17-9-18-30(35)20-10-19-29)25-7-8-26-34(28-15-5-2-6-16-28)38-36-31-21-11-22-32(36)24-12-23-31/h1-8,13-16,25-26,29-32,37-38H,9-12,17-24H2/b8-7+,33-25-,34-26-. The molecular formula is C34H44B2N2. The molecule has 0 saturated carbocycles. The first-order valence-electron chi connectivity index (χ1n) is 15.6. The highest BCUT2D eigenvalue weighted by Gasteiger charge is 2.41. The Bertz CT molecular complexity index is 992. The molecule has 2 nitrogen and oxygen atoms in total. The van der Waals surface area contributed by atoms with Crippen LogP contribution in [0.15, 0.2) is 85.0 Å². The van der Waals surface area contributed by atoms with E-state index in [1.165, 1.54) is 99.6 Å². The van der Waals surface area contributed by atoms with Crippen molar-refractivity contribution in [1.82, 2.24) is 10.5 Å². The average Bonchev–Trinajstić information content (AvgIpc) is 2.94. The van der Waals surface area contributed by atoms with Gasteiger partial charge in [0.1, 0.15) is 0 Å². The molecule has 38 heavy (non-hydrogen) atoms. The van der Waals surface area contributed by atoms with Crippen LogP contribution in [0.1, 0.15) is 88.2 Å². The minimum absolute atomic E-state index is 0.625. The van der Waals surface area contributed by atoms with Crippen molar-refractivity contribution in [3.8, 4) is 0 Å². The van der Waals surface area contributed by atoms with E-state index in [0.717, 1.165) is 23.3 Å². The zero-order valence-corrected chi connectivity index (χ0v) is 23.0. The van der Waals surface area contributed by atoms with E-state index in [9.17, 15) is 0 Å². The lowest BCUT2D eigenvalue weighted by molar-refractivity contribution is 0.439. The van der Waals surface area contributed by atoms with E-state index < -0.39 is 0 Å². The third-order valence-electron chi connectivity index (χ3n) is 10.1. The van der Waals surface area contributed by atoms with E-state index in [-0.39, 0.29) is 0 Å². The van der Waals surface area contributed by atoms with Gasteiger partial charge >= 0.3 is 0 Å². The number of benzene rings is 2. The van der Waals surface area contributed by atoms with Crippen molar-refractivity contribution in [2.24, 2.45) is 0 Å². The average molecular weight is 502 g/mol. The Hall–Kier alpha value is -2.61. The summed E-state index contributed by atoms with van der Waals surface area (Å²) in [5.74, 6) is 3.34. The Morgan fingerprint density at radius 1 is 0.500 bits per heavy atom. The fourth-order valence-corrected chi connectivity index (χ4v) is 8.18. The Labute approximate surface area is 231 Å². The highest BCUT2D eigenvalue weighted by Crippen LogP contribution is 2.47. The van der Waals surface area contributed by atoms with Crippen molar-refractivity contribution in [2.75, 3.05) is 0 Å². The van der Waals surface area contributed by atoms with Crippen molar-refractivity contribution in [3.05, 3.63) is 96.1 Å². The van der Waals surface area contributed by atoms with Crippen LogP contribution in [0.5, 0.6) is 0 Å². The summed E-state index contributed by atoms with van der Waals surface area (Å²) in [6.45, 7) is 1.25. The second-order valence-corrected chi connectivity index (χ2v) is 12.4. The molecule has 196 valence electrons. The van der Waals surface area contributed by atoms with Gasteiger partial charge in [-0.1, -0.05) is 150 Å². The van der Waals surface area contributed by atoms with Crippen LogP contribution in [0.25, 0.3) is 11.4 Å². The first kappa shape index (κ1) is 25.7. The Kier molecular flexibility index (Phi) is 8.44. The van der Waals surface area contributed by atoms with Gasteiger partial charge in [0.25, 0.3) is 13.7 Å². The summed E-state index contributed by atoms with van der Waals surface area (Å²) in [6, 6.07) is 21.9. The number of fused-ring (bicyclic) bond motifs is 4. The predicted octanol–water partition coefficient (Wildman–Crippen LogP) is 9.00. The monoisotopic (exact) mass is 502 g/mol. The molecule has 0 amide bonds. The van der Waals surface area contributed by atoms with E-state index in [0.29, 0.717) is 13.7 Å². The van der Waals surface area contributed by atoms with Gasteiger partial charge in [0.2, 0.25) is 0 Å². The minimum atomic E-state index is 0.625. The number of nitrogens with one attached hydrogen (secondary N) is 2. The van der Waals surface area contributed by atoms with Gasteiger partial charge in [0, 0.05) is 11.4 Å². The molecule has 0 aliphatic carbocycles.